The number of ether oxygens (including phenoxy) is 1. The molecule has 21 heavy (non-hydrogen) atoms. The minimum Gasteiger partial charge on any atom is -0.462 e. The van der Waals surface area contributed by atoms with Crippen LogP contribution in [0, 0.1) is 0 Å². The third-order valence-electron chi connectivity index (χ3n) is 2.86. The minimum atomic E-state index is -0.355. The van der Waals surface area contributed by atoms with E-state index in [1.165, 1.54) is 0 Å². The molecule has 114 valence electrons. The van der Waals surface area contributed by atoms with Crippen molar-refractivity contribution in [1.29, 1.82) is 0 Å². The zero-order chi connectivity index (χ0) is 15.7. The highest BCUT2D eigenvalue weighted by Gasteiger charge is 2.04. The van der Waals surface area contributed by atoms with Gasteiger partial charge < -0.3 is 15.8 Å². The van der Waals surface area contributed by atoms with Gasteiger partial charge in [-0.1, -0.05) is 6.58 Å². The molecular formula is C16H22N2O3. The highest BCUT2D eigenvalue weighted by molar-refractivity contribution is 5.94. The van der Waals surface area contributed by atoms with Crippen LogP contribution in [0.15, 0.2) is 36.4 Å². The van der Waals surface area contributed by atoms with E-state index in [1.54, 1.807) is 31.2 Å². The number of amides is 1. The monoisotopic (exact) mass is 290 g/mol. The first-order valence-electron chi connectivity index (χ1n) is 6.97. The molecule has 0 spiro atoms. The third-order valence-corrected chi connectivity index (χ3v) is 2.86. The van der Waals surface area contributed by atoms with Crippen LogP contribution in [-0.4, -0.2) is 25.0 Å². The average Bonchev–Trinajstić information content (AvgIpc) is 2.46. The number of carbonyl (C=O) groups is 2. The van der Waals surface area contributed by atoms with Gasteiger partial charge in [0.05, 0.1) is 6.61 Å². The largest absolute Gasteiger partial charge is 0.462 e. The van der Waals surface area contributed by atoms with Crippen LogP contribution in [0.4, 0.5) is 5.69 Å². The van der Waals surface area contributed by atoms with Gasteiger partial charge in [0.25, 0.3) is 5.91 Å². The van der Waals surface area contributed by atoms with E-state index in [0.717, 1.165) is 19.3 Å². The van der Waals surface area contributed by atoms with Gasteiger partial charge in [0.15, 0.2) is 0 Å². The summed E-state index contributed by atoms with van der Waals surface area (Å²) in [5.74, 6) is -0.463. The molecule has 0 aromatic heterocycles. The van der Waals surface area contributed by atoms with Crippen molar-refractivity contribution in [2.45, 2.75) is 26.2 Å². The lowest BCUT2D eigenvalue weighted by Crippen LogP contribution is -2.24. The Kier molecular flexibility index (Phi) is 7.01. The topological polar surface area (TPSA) is 81.4 Å². The van der Waals surface area contributed by atoms with Gasteiger partial charge in [-0.2, -0.15) is 0 Å². The Morgan fingerprint density at radius 3 is 2.48 bits per heavy atom. The molecule has 0 unspecified atom stereocenters. The molecule has 5 nitrogen and oxygen atoms in total. The first-order valence-corrected chi connectivity index (χ1v) is 6.97. The molecule has 3 N–H and O–H groups in total. The molecule has 0 aliphatic rings. The number of benzene rings is 1. The van der Waals surface area contributed by atoms with E-state index in [9.17, 15) is 9.59 Å². The van der Waals surface area contributed by atoms with Crippen LogP contribution in [0.25, 0.3) is 0 Å². The van der Waals surface area contributed by atoms with Crippen LogP contribution in [0.1, 0.15) is 36.5 Å². The second kappa shape index (κ2) is 8.79. The van der Waals surface area contributed by atoms with Gasteiger partial charge in [-0.3, -0.25) is 4.79 Å². The Bertz CT molecular complexity index is 495. The maximum atomic E-state index is 11.8. The zero-order valence-corrected chi connectivity index (χ0v) is 12.4. The number of rotatable bonds is 8. The Morgan fingerprint density at radius 2 is 1.86 bits per heavy atom. The maximum Gasteiger partial charge on any atom is 0.333 e. The van der Waals surface area contributed by atoms with E-state index in [1.807, 2.05) is 0 Å². The number of anilines is 1. The second-order valence-corrected chi connectivity index (χ2v) is 4.85. The normalized spacial score (nSPS) is 9.95. The van der Waals surface area contributed by atoms with Crippen molar-refractivity contribution in [3.05, 3.63) is 42.0 Å². The van der Waals surface area contributed by atoms with Gasteiger partial charge in [-0.05, 0) is 50.5 Å². The summed E-state index contributed by atoms with van der Waals surface area (Å²) in [5.41, 5.74) is 7.20. The minimum absolute atomic E-state index is 0.108. The highest BCUT2D eigenvalue weighted by Crippen LogP contribution is 2.05. The first-order chi connectivity index (χ1) is 10.0. The van der Waals surface area contributed by atoms with Gasteiger partial charge in [0.1, 0.15) is 0 Å². The molecule has 0 atom stereocenters. The molecule has 0 aliphatic carbocycles. The van der Waals surface area contributed by atoms with Gasteiger partial charge >= 0.3 is 5.97 Å². The average molecular weight is 290 g/mol. The van der Waals surface area contributed by atoms with E-state index in [2.05, 4.69) is 11.9 Å². The summed E-state index contributed by atoms with van der Waals surface area (Å²) in [5, 5.41) is 2.83. The molecule has 5 heteroatoms. The molecule has 0 saturated carbocycles. The number of nitrogen functional groups attached to an aromatic ring is 1. The Morgan fingerprint density at radius 1 is 1.19 bits per heavy atom. The van der Waals surface area contributed by atoms with Crippen molar-refractivity contribution < 1.29 is 14.3 Å². The summed E-state index contributed by atoms with van der Waals surface area (Å²) < 4.78 is 4.97. The van der Waals surface area contributed by atoms with Crippen LogP contribution in [0.2, 0.25) is 0 Å². The van der Waals surface area contributed by atoms with E-state index in [-0.39, 0.29) is 11.9 Å². The summed E-state index contributed by atoms with van der Waals surface area (Å²) >= 11 is 0. The van der Waals surface area contributed by atoms with Crippen molar-refractivity contribution >= 4 is 17.6 Å². The molecule has 0 heterocycles. The number of hydrogen-bond acceptors (Lipinski definition) is 4. The summed E-state index contributed by atoms with van der Waals surface area (Å²) in [7, 11) is 0. The fourth-order valence-corrected chi connectivity index (χ4v) is 1.63. The number of hydrogen-bond donors (Lipinski definition) is 2. The molecular weight excluding hydrogens is 268 g/mol. The smallest absolute Gasteiger partial charge is 0.333 e. The first kappa shape index (κ1) is 16.8. The second-order valence-electron chi connectivity index (χ2n) is 4.85. The lowest BCUT2D eigenvalue weighted by atomic mass is 10.2. The van der Waals surface area contributed by atoms with Crippen LogP contribution < -0.4 is 11.1 Å². The van der Waals surface area contributed by atoms with E-state index < -0.39 is 0 Å². The fourth-order valence-electron chi connectivity index (χ4n) is 1.63. The van der Waals surface area contributed by atoms with Gasteiger partial charge in [0.2, 0.25) is 0 Å². The predicted octanol–water partition coefficient (Wildman–Crippen LogP) is 2.29. The zero-order valence-electron chi connectivity index (χ0n) is 12.4. The predicted molar refractivity (Wildman–Crippen MR) is 82.8 cm³/mol. The van der Waals surface area contributed by atoms with Crippen LogP contribution in [-0.2, 0) is 9.53 Å². The maximum absolute atomic E-state index is 11.8. The summed E-state index contributed by atoms with van der Waals surface area (Å²) in [6.07, 6.45) is 2.49. The summed E-state index contributed by atoms with van der Waals surface area (Å²) in [6, 6.07) is 6.79. The molecule has 1 aromatic rings. The molecule has 1 rings (SSSR count). The molecule has 0 bridgehead atoms. The standard InChI is InChI=1S/C16H22N2O3/c1-12(2)16(20)21-11-5-3-4-10-18-15(19)13-6-8-14(17)9-7-13/h6-9H,1,3-5,10-11,17H2,2H3,(H,18,19). The fraction of sp³-hybridized carbons (Fsp3) is 0.375. The summed E-state index contributed by atoms with van der Waals surface area (Å²) in [6.45, 7) is 6.11. The Hall–Kier alpha value is -2.30. The van der Waals surface area contributed by atoms with Crippen molar-refractivity contribution in [2.75, 3.05) is 18.9 Å². The lowest BCUT2D eigenvalue weighted by Gasteiger charge is -2.06. The quantitative estimate of drug-likeness (QED) is 0.333. The Balaban J connectivity index is 2.09. The van der Waals surface area contributed by atoms with E-state index >= 15 is 0 Å². The molecule has 1 aromatic carbocycles. The van der Waals surface area contributed by atoms with E-state index in [0.29, 0.717) is 30.0 Å². The van der Waals surface area contributed by atoms with Crippen LogP contribution in [0.5, 0.6) is 0 Å². The molecule has 0 radical (unpaired) electrons. The number of nitrogens with two attached hydrogens (primary N) is 1. The molecule has 1 amide bonds. The molecule has 0 saturated heterocycles. The highest BCUT2D eigenvalue weighted by atomic mass is 16.5. The van der Waals surface area contributed by atoms with Crippen LogP contribution in [0.3, 0.4) is 0 Å². The van der Waals surface area contributed by atoms with Gasteiger partial charge in [-0.25, -0.2) is 4.79 Å². The number of carbonyl (C=O) groups excluding carboxylic acids is 2. The van der Waals surface area contributed by atoms with Gasteiger partial charge in [0, 0.05) is 23.4 Å². The van der Waals surface area contributed by atoms with Crippen molar-refractivity contribution in [2.24, 2.45) is 0 Å². The van der Waals surface area contributed by atoms with Gasteiger partial charge in [-0.15, -0.1) is 0 Å². The summed E-state index contributed by atoms with van der Waals surface area (Å²) in [4.78, 5) is 22.9. The molecule has 0 fully saturated rings. The molecule has 0 aliphatic heterocycles. The van der Waals surface area contributed by atoms with Crippen molar-refractivity contribution in [1.82, 2.24) is 5.32 Å². The third kappa shape index (κ3) is 6.61. The van der Waals surface area contributed by atoms with Crippen molar-refractivity contribution in [3.8, 4) is 0 Å². The van der Waals surface area contributed by atoms with E-state index in [4.69, 9.17) is 10.5 Å². The number of nitrogens with one attached hydrogen (secondary N) is 1. The number of esters is 1. The Labute approximate surface area is 125 Å². The van der Waals surface area contributed by atoms with Crippen LogP contribution >= 0.6 is 0 Å². The SMILES string of the molecule is C=C(C)C(=O)OCCCCCNC(=O)c1ccc(N)cc1. The van der Waals surface area contributed by atoms with Crippen molar-refractivity contribution in [3.63, 3.8) is 0 Å². The number of unbranched alkanes of at least 4 members (excludes halogenated alkanes) is 2. The lowest BCUT2D eigenvalue weighted by molar-refractivity contribution is -0.139.